The molecule has 1 aliphatic carbocycles. The molecule has 1 aromatic rings. The van der Waals surface area contributed by atoms with Crippen molar-refractivity contribution in [3.63, 3.8) is 0 Å². The third kappa shape index (κ3) is 1.51. The molecule has 0 saturated carbocycles. The second kappa shape index (κ2) is 4.01. The standard InChI is InChI=1S/C12H11NO4/c1-6-8-7(4-5-13-6)9(14)11(16-2)12(17-3)10(8)15/h4-5H,1-3H3. The van der Waals surface area contributed by atoms with E-state index >= 15 is 0 Å². The Bertz CT molecular complexity index is 545. The minimum atomic E-state index is -0.371. The van der Waals surface area contributed by atoms with Gasteiger partial charge in [-0.05, 0) is 13.0 Å². The van der Waals surface area contributed by atoms with E-state index in [1.807, 2.05) is 0 Å². The number of ether oxygens (including phenoxy) is 2. The summed E-state index contributed by atoms with van der Waals surface area (Å²) in [6.45, 7) is 1.68. The summed E-state index contributed by atoms with van der Waals surface area (Å²) in [4.78, 5) is 28.2. The molecular formula is C12H11NO4. The molecule has 0 unspecified atom stereocenters. The van der Waals surface area contributed by atoms with Gasteiger partial charge in [-0.3, -0.25) is 14.6 Å². The quantitative estimate of drug-likeness (QED) is 0.769. The molecule has 17 heavy (non-hydrogen) atoms. The topological polar surface area (TPSA) is 65.5 Å². The number of carbonyl (C=O) groups excluding carboxylic acids is 2. The summed E-state index contributed by atoms with van der Waals surface area (Å²) in [7, 11) is 2.66. The zero-order chi connectivity index (χ0) is 12.6. The summed E-state index contributed by atoms with van der Waals surface area (Å²) in [5, 5.41) is 0. The molecule has 0 saturated heterocycles. The summed E-state index contributed by atoms with van der Waals surface area (Å²) in [6, 6.07) is 1.51. The summed E-state index contributed by atoms with van der Waals surface area (Å²) >= 11 is 0. The van der Waals surface area contributed by atoms with Gasteiger partial charge in [0, 0.05) is 17.5 Å². The molecule has 88 valence electrons. The number of aromatic nitrogens is 1. The molecule has 0 amide bonds. The molecule has 0 aliphatic heterocycles. The van der Waals surface area contributed by atoms with Gasteiger partial charge in [0.25, 0.3) is 0 Å². The fourth-order valence-electron chi connectivity index (χ4n) is 1.86. The van der Waals surface area contributed by atoms with E-state index in [1.54, 1.807) is 6.92 Å². The lowest BCUT2D eigenvalue weighted by Gasteiger charge is -2.19. The first-order valence-corrected chi connectivity index (χ1v) is 4.99. The highest BCUT2D eigenvalue weighted by molar-refractivity contribution is 6.25. The van der Waals surface area contributed by atoms with Crippen LogP contribution in [-0.2, 0) is 9.47 Å². The lowest BCUT2D eigenvalue weighted by atomic mass is 9.91. The molecule has 0 aromatic carbocycles. The highest BCUT2D eigenvalue weighted by Crippen LogP contribution is 2.28. The first-order valence-electron chi connectivity index (χ1n) is 4.99. The van der Waals surface area contributed by atoms with E-state index in [0.717, 1.165) is 0 Å². The van der Waals surface area contributed by atoms with E-state index in [0.29, 0.717) is 11.3 Å². The number of carbonyl (C=O) groups is 2. The van der Waals surface area contributed by atoms with Crippen LogP contribution in [0, 0.1) is 6.92 Å². The number of ketones is 2. The van der Waals surface area contributed by atoms with Crippen molar-refractivity contribution in [2.24, 2.45) is 0 Å². The van der Waals surface area contributed by atoms with Crippen molar-refractivity contribution in [3.8, 4) is 0 Å². The Morgan fingerprint density at radius 3 is 2.24 bits per heavy atom. The molecule has 0 bridgehead atoms. The van der Waals surface area contributed by atoms with Crippen LogP contribution in [-0.4, -0.2) is 30.8 Å². The Kier molecular flexibility index (Phi) is 2.67. The number of allylic oxidation sites excluding steroid dienone is 2. The maximum atomic E-state index is 12.1. The molecule has 0 radical (unpaired) electrons. The normalized spacial score (nSPS) is 14.8. The monoisotopic (exact) mass is 233 g/mol. The maximum Gasteiger partial charge on any atom is 0.234 e. The molecular weight excluding hydrogens is 222 g/mol. The van der Waals surface area contributed by atoms with E-state index in [-0.39, 0.29) is 28.6 Å². The van der Waals surface area contributed by atoms with Crippen molar-refractivity contribution >= 4 is 11.6 Å². The third-order valence-electron chi connectivity index (χ3n) is 2.64. The van der Waals surface area contributed by atoms with Crippen LogP contribution in [0.2, 0.25) is 0 Å². The van der Waals surface area contributed by atoms with Crippen LogP contribution < -0.4 is 0 Å². The van der Waals surface area contributed by atoms with Gasteiger partial charge in [0.2, 0.25) is 23.1 Å². The van der Waals surface area contributed by atoms with Crippen LogP contribution in [0.1, 0.15) is 26.4 Å². The number of methoxy groups -OCH3 is 2. The summed E-state index contributed by atoms with van der Waals surface area (Å²) in [5.74, 6) is -0.856. The zero-order valence-corrected chi connectivity index (χ0v) is 9.73. The number of aryl methyl sites for hydroxylation is 1. The van der Waals surface area contributed by atoms with Gasteiger partial charge in [-0.1, -0.05) is 0 Å². The van der Waals surface area contributed by atoms with Gasteiger partial charge in [-0.25, -0.2) is 0 Å². The van der Waals surface area contributed by atoms with Gasteiger partial charge >= 0.3 is 0 Å². The highest BCUT2D eigenvalue weighted by Gasteiger charge is 2.35. The van der Waals surface area contributed by atoms with Crippen molar-refractivity contribution in [3.05, 3.63) is 40.6 Å². The maximum absolute atomic E-state index is 12.1. The first kappa shape index (κ1) is 11.3. The molecule has 0 N–H and O–H groups in total. The van der Waals surface area contributed by atoms with Crippen LogP contribution >= 0.6 is 0 Å². The fraction of sp³-hybridized carbons (Fsp3) is 0.250. The van der Waals surface area contributed by atoms with E-state index in [2.05, 4.69) is 4.98 Å². The van der Waals surface area contributed by atoms with E-state index < -0.39 is 0 Å². The van der Waals surface area contributed by atoms with Crippen molar-refractivity contribution in [2.75, 3.05) is 14.2 Å². The number of pyridine rings is 1. The molecule has 5 heteroatoms. The molecule has 5 nitrogen and oxygen atoms in total. The van der Waals surface area contributed by atoms with Crippen molar-refractivity contribution < 1.29 is 19.1 Å². The van der Waals surface area contributed by atoms with Gasteiger partial charge in [-0.2, -0.15) is 0 Å². The van der Waals surface area contributed by atoms with E-state index in [1.165, 1.54) is 26.5 Å². The molecule has 2 rings (SSSR count). The Labute approximate surface area is 98.1 Å². The van der Waals surface area contributed by atoms with Crippen molar-refractivity contribution in [1.82, 2.24) is 4.98 Å². The minimum absolute atomic E-state index is 0.0596. The fourth-order valence-corrected chi connectivity index (χ4v) is 1.86. The van der Waals surface area contributed by atoms with Gasteiger partial charge in [-0.15, -0.1) is 0 Å². The van der Waals surface area contributed by atoms with Crippen LogP contribution in [0.15, 0.2) is 23.8 Å². The summed E-state index contributed by atoms with van der Waals surface area (Å²) in [6.07, 6.45) is 1.49. The Hall–Kier alpha value is -2.17. The predicted octanol–water partition coefficient (Wildman–Crippen LogP) is 1.27. The van der Waals surface area contributed by atoms with Crippen molar-refractivity contribution in [2.45, 2.75) is 6.92 Å². The van der Waals surface area contributed by atoms with Crippen LogP contribution in [0.5, 0.6) is 0 Å². The lowest BCUT2D eigenvalue weighted by Crippen LogP contribution is -2.25. The number of hydrogen-bond acceptors (Lipinski definition) is 5. The molecule has 0 spiro atoms. The van der Waals surface area contributed by atoms with Gasteiger partial charge < -0.3 is 9.47 Å². The third-order valence-corrected chi connectivity index (χ3v) is 2.64. The number of rotatable bonds is 2. The van der Waals surface area contributed by atoms with Gasteiger partial charge in [0.15, 0.2) is 0 Å². The smallest absolute Gasteiger partial charge is 0.234 e. The highest BCUT2D eigenvalue weighted by atomic mass is 16.5. The summed E-state index contributed by atoms with van der Waals surface area (Å²) in [5.41, 5.74) is 1.10. The molecule has 1 aliphatic rings. The van der Waals surface area contributed by atoms with Crippen LogP contribution in [0.25, 0.3) is 0 Å². The van der Waals surface area contributed by atoms with Gasteiger partial charge in [0.1, 0.15) is 0 Å². The first-order chi connectivity index (χ1) is 8.11. The molecule has 0 atom stereocenters. The molecule has 1 aromatic heterocycles. The molecule has 1 heterocycles. The Morgan fingerprint density at radius 2 is 1.65 bits per heavy atom. The number of nitrogens with zero attached hydrogens (tertiary/aromatic N) is 1. The SMILES string of the molecule is COC1=C(OC)C(=O)c2c(ccnc2C)C1=O. The largest absolute Gasteiger partial charge is 0.489 e. The predicted molar refractivity (Wildman–Crippen MR) is 58.7 cm³/mol. The van der Waals surface area contributed by atoms with Crippen LogP contribution in [0.3, 0.4) is 0 Å². The zero-order valence-electron chi connectivity index (χ0n) is 9.73. The Morgan fingerprint density at radius 1 is 1.06 bits per heavy atom. The molecule has 0 fully saturated rings. The number of fused-ring (bicyclic) bond motifs is 1. The van der Waals surface area contributed by atoms with E-state index in [9.17, 15) is 9.59 Å². The average Bonchev–Trinajstić information content (AvgIpc) is 2.33. The van der Waals surface area contributed by atoms with Gasteiger partial charge in [0.05, 0.1) is 19.8 Å². The average molecular weight is 233 g/mol. The van der Waals surface area contributed by atoms with Crippen LogP contribution in [0.4, 0.5) is 0 Å². The van der Waals surface area contributed by atoms with E-state index in [4.69, 9.17) is 9.47 Å². The number of hydrogen-bond donors (Lipinski definition) is 0. The Balaban J connectivity index is 2.73. The van der Waals surface area contributed by atoms with Crippen molar-refractivity contribution in [1.29, 1.82) is 0 Å². The number of Topliss-reactive ketones (excluding diaryl/α,β-unsaturated/α-hetero) is 2. The summed E-state index contributed by atoms with van der Waals surface area (Å²) < 4.78 is 9.88. The lowest BCUT2D eigenvalue weighted by molar-refractivity contribution is 0.0828. The minimum Gasteiger partial charge on any atom is -0.489 e. The second-order valence-electron chi connectivity index (χ2n) is 3.54. The second-order valence-corrected chi connectivity index (χ2v) is 3.54.